The SMILES string of the molecule is Cc1nc(C)c(CCNC2CCCSC2)s1. The minimum atomic E-state index is 0.744. The Bertz CT molecular complexity index is 330. The number of nitrogens with one attached hydrogen (secondary N) is 1. The van der Waals surface area contributed by atoms with Crippen LogP contribution in [0.15, 0.2) is 0 Å². The van der Waals surface area contributed by atoms with E-state index in [0.717, 1.165) is 19.0 Å². The Labute approximate surface area is 106 Å². The second-order valence-corrected chi connectivity index (χ2v) is 6.80. The molecule has 1 unspecified atom stereocenters. The van der Waals surface area contributed by atoms with Crippen molar-refractivity contribution < 1.29 is 0 Å². The lowest BCUT2D eigenvalue weighted by Gasteiger charge is -2.22. The summed E-state index contributed by atoms with van der Waals surface area (Å²) in [5.41, 5.74) is 1.22. The molecule has 90 valence electrons. The molecule has 0 amide bonds. The van der Waals surface area contributed by atoms with E-state index in [1.54, 1.807) is 0 Å². The van der Waals surface area contributed by atoms with E-state index in [1.807, 2.05) is 11.3 Å². The summed E-state index contributed by atoms with van der Waals surface area (Å²) in [4.78, 5) is 5.92. The van der Waals surface area contributed by atoms with Gasteiger partial charge in [-0.15, -0.1) is 11.3 Å². The molecule has 1 fully saturated rings. The standard InChI is InChI=1S/C12H20N2S2/c1-9-12(16-10(2)14-9)5-6-13-11-4-3-7-15-8-11/h11,13H,3-8H2,1-2H3. The first-order chi connectivity index (χ1) is 7.75. The molecule has 0 radical (unpaired) electrons. The predicted octanol–water partition coefficient (Wildman–Crippen LogP) is 2.79. The van der Waals surface area contributed by atoms with E-state index < -0.39 is 0 Å². The monoisotopic (exact) mass is 256 g/mol. The first-order valence-corrected chi connectivity index (χ1v) is 7.97. The molecular weight excluding hydrogens is 236 g/mol. The Hall–Kier alpha value is -0.0600. The van der Waals surface area contributed by atoms with Crippen LogP contribution in [0.25, 0.3) is 0 Å². The molecule has 0 bridgehead atoms. The average Bonchev–Trinajstić information content (AvgIpc) is 2.59. The van der Waals surface area contributed by atoms with Gasteiger partial charge in [0.2, 0.25) is 0 Å². The lowest BCUT2D eigenvalue weighted by atomic mass is 10.2. The molecule has 2 rings (SSSR count). The summed E-state index contributed by atoms with van der Waals surface area (Å²) in [6.45, 7) is 5.31. The second kappa shape index (κ2) is 6.03. The van der Waals surface area contributed by atoms with Crippen molar-refractivity contribution >= 4 is 23.1 Å². The van der Waals surface area contributed by atoms with Gasteiger partial charge in [-0.25, -0.2) is 4.98 Å². The van der Waals surface area contributed by atoms with Gasteiger partial charge in [0, 0.05) is 23.2 Å². The maximum atomic E-state index is 4.46. The minimum Gasteiger partial charge on any atom is -0.313 e. The summed E-state index contributed by atoms with van der Waals surface area (Å²) >= 11 is 3.93. The molecule has 1 aromatic rings. The molecule has 1 aliphatic heterocycles. The van der Waals surface area contributed by atoms with Gasteiger partial charge in [-0.2, -0.15) is 11.8 Å². The third-order valence-electron chi connectivity index (χ3n) is 2.94. The summed E-state index contributed by atoms with van der Waals surface area (Å²) in [6.07, 6.45) is 3.87. The zero-order valence-electron chi connectivity index (χ0n) is 10.1. The smallest absolute Gasteiger partial charge is 0.0900 e. The van der Waals surface area contributed by atoms with Gasteiger partial charge in [-0.05, 0) is 38.9 Å². The van der Waals surface area contributed by atoms with Gasteiger partial charge in [-0.3, -0.25) is 0 Å². The first-order valence-electron chi connectivity index (χ1n) is 6.00. The van der Waals surface area contributed by atoms with Crippen LogP contribution in [0.4, 0.5) is 0 Å². The number of thiazole rings is 1. The third-order valence-corrected chi connectivity index (χ3v) is 5.29. The molecular formula is C12H20N2S2. The largest absolute Gasteiger partial charge is 0.313 e. The summed E-state index contributed by atoms with van der Waals surface area (Å²) in [7, 11) is 0. The number of aromatic nitrogens is 1. The maximum Gasteiger partial charge on any atom is 0.0900 e. The topological polar surface area (TPSA) is 24.9 Å². The van der Waals surface area contributed by atoms with Crippen molar-refractivity contribution in [3.05, 3.63) is 15.6 Å². The molecule has 0 aliphatic carbocycles. The van der Waals surface area contributed by atoms with Crippen LogP contribution in [0.3, 0.4) is 0 Å². The fraction of sp³-hybridized carbons (Fsp3) is 0.750. The normalized spacial score (nSPS) is 21.2. The van der Waals surface area contributed by atoms with Crippen molar-refractivity contribution in [2.24, 2.45) is 0 Å². The summed E-state index contributed by atoms with van der Waals surface area (Å²) < 4.78 is 0. The van der Waals surface area contributed by atoms with E-state index in [4.69, 9.17) is 0 Å². The van der Waals surface area contributed by atoms with Gasteiger partial charge in [0.1, 0.15) is 0 Å². The molecule has 1 N–H and O–H groups in total. The van der Waals surface area contributed by atoms with Crippen molar-refractivity contribution in [1.82, 2.24) is 10.3 Å². The summed E-state index contributed by atoms with van der Waals surface area (Å²) in [5.74, 6) is 2.64. The Balaban J connectivity index is 1.73. The van der Waals surface area contributed by atoms with Crippen LogP contribution in [0.2, 0.25) is 0 Å². The lowest BCUT2D eigenvalue weighted by molar-refractivity contribution is 0.512. The Morgan fingerprint density at radius 3 is 2.94 bits per heavy atom. The molecule has 1 aromatic heterocycles. The number of nitrogens with zero attached hydrogens (tertiary/aromatic N) is 1. The molecule has 1 saturated heterocycles. The third kappa shape index (κ3) is 3.47. The zero-order chi connectivity index (χ0) is 11.4. The highest BCUT2D eigenvalue weighted by Gasteiger charge is 2.13. The highest BCUT2D eigenvalue weighted by molar-refractivity contribution is 7.99. The molecule has 0 aromatic carbocycles. The summed E-state index contributed by atoms with van der Waals surface area (Å²) in [5, 5.41) is 4.86. The van der Waals surface area contributed by atoms with Crippen molar-refractivity contribution in [1.29, 1.82) is 0 Å². The number of hydrogen-bond donors (Lipinski definition) is 1. The fourth-order valence-corrected chi connectivity index (χ4v) is 4.14. The molecule has 2 nitrogen and oxygen atoms in total. The highest BCUT2D eigenvalue weighted by Crippen LogP contribution is 2.19. The summed E-state index contributed by atoms with van der Waals surface area (Å²) in [6, 6.07) is 0.744. The van der Waals surface area contributed by atoms with Gasteiger partial charge in [0.25, 0.3) is 0 Å². The van der Waals surface area contributed by atoms with Crippen molar-refractivity contribution in [2.45, 2.75) is 39.2 Å². The van der Waals surface area contributed by atoms with Crippen LogP contribution in [-0.4, -0.2) is 29.1 Å². The van der Waals surface area contributed by atoms with E-state index >= 15 is 0 Å². The molecule has 1 atom stereocenters. The van der Waals surface area contributed by atoms with Gasteiger partial charge in [0.15, 0.2) is 0 Å². The second-order valence-electron chi connectivity index (χ2n) is 4.36. The number of hydrogen-bond acceptors (Lipinski definition) is 4. The van der Waals surface area contributed by atoms with Crippen LogP contribution in [0.5, 0.6) is 0 Å². The maximum absolute atomic E-state index is 4.46. The average molecular weight is 256 g/mol. The van der Waals surface area contributed by atoms with Crippen LogP contribution in [-0.2, 0) is 6.42 Å². The van der Waals surface area contributed by atoms with E-state index in [9.17, 15) is 0 Å². The molecule has 1 aliphatic rings. The van der Waals surface area contributed by atoms with Gasteiger partial charge in [0.05, 0.1) is 10.7 Å². The van der Waals surface area contributed by atoms with E-state index in [2.05, 4.69) is 35.9 Å². The predicted molar refractivity (Wildman–Crippen MR) is 73.6 cm³/mol. The van der Waals surface area contributed by atoms with Crippen molar-refractivity contribution in [2.75, 3.05) is 18.1 Å². The molecule has 0 spiro atoms. The molecule has 2 heterocycles. The molecule has 0 saturated carbocycles. The van der Waals surface area contributed by atoms with Crippen LogP contribution in [0, 0.1) is 13.8 Å². The van der Waals surface area contributed by atoms with E-state index in [0.29, 0.717) is 0 Å². The van der Waals surface area contributed by atoms with Crippen LogP contribution < -0.4 is 5.32 Å². The lowest BCUT2D eigenvalue weighted by Crippen LogP contribution is -2.35. The Kier molecular flexibility index (Phi) is 4.67. The zero-order valence-corrected chi connectivity index (χ0v) is 11.7. The number of aryl methyl sites for hydroxylation is 2. The quantitative estimate of drug-likeness (QED) is 0.896. The Morgan fingerprint density at radius 2 is 2.31 bits per heavy atom. The highest BCUT2D eigenvalue weighted by atomic mass is 32.2. The fourth-order valence-electron chi connectivity index (χ4n) is 2.10. The first kappa shape index (κ1) is 12.4. The van der Waals surface area contributed by atoms with Crippen molar-refractivity contribution in [3.8, 4) is 0 Å². The van der Waals surface area contributed by atoms with Crippen LogP contribution in [0.1, 0.15) is 28.4 Å². The molecule has 4 heteroatoms. The molecule has 16 heavy (non-hydrogen) atoms. The number of thioether (sulfide) groups is 1. The minimum absolute atomic E-state index is 0.744. The Morgan fingerprint density at radius 1 is 1.44 bits per heavy atom. The van der Waals surface area contributed by atoms with Gasteiger partial charge < -0.3 is 5.32 Å². The number of rotatable bonds is 4. The van der Waals surface area contributed by atoms with Crippen LogP contribution >= 0.6 is 23.1 Å². The van der Waals surface area contributed by atoms with Gasteiger partial charge in [-0.1, -0.05) is 0 Å². The van der Waals surface area contributed by atoms with E-state index in [-0.39, 0.29) is 0 Å². The van der Waals surface area contributed by atoms with Crippen molar-refractivity contribution in [3.63, 3.8) is 0 Å². The van der Waals surface area contributed by atoms with E-state index in [1.165, 1.54) is 39.9 Å². The van der Waals surface area contributed by atoms with Gasteiger partial charge >= 0.3 is 0 Å².